The Hall–Kier alpha value is -3.21. The van der Waals surface area contributed by atoms with Crippen LogP contribution in [0.2, 0.25) is 5.02 Å². The zero-order chi connectivity index (χ0) is 20.1. The highest BCUT2D eigenvalue weighted by atomic mass is 35.5. The Morgan fingerprint density at radius 3 is 2.68 bits per heavy atom. The molecule has 1 aromatic heterocycles. The number of nitrogens with one attached hydrogen (secondary N) is 1. The van der Waals surface area contributed by atoms with Crippen molar-refractivity contribution >= 4 is 23.2 Å². The van der Waals surface area contributed by atoms with Crippen molar-refractivity contribution in [1.29, 1.82) is 5.26 Å². The zero-order valence-corrected chi connectivity index (χ0v) is 16.3. The maximum atomic E-state index is 12.4. The van der Waals surface area contributed by atoms with Crippen molar-refractivity contribution < 1.29 is 4.79 Å². The fourth-order valence-corrected chi connectivity index (χ4v) is 2.97. The van der Waals surface area contributed by atoms with Gasteiger partial charge in [-0.15, -0.1) is 0 Å². The molecule has 0 fully saturated rings. The molecule has 0 spiro atoms. The number of aromatic nitrogens is 3. The maximum Gasteiger partial charge on any atom is 0.238 e. The molecule has 28 heavy (non-hydrogen) atoms. The van der Waals surface area contributed by atoms with Crippen LogP contribution in [-0.2, 0) is 4.79 Å². The van der Waals surface area contributed by atoms with Crippen molar-refractivity contribution in [2.24, 2.45) is 0 Å². The molecular weight excluding hydrogens is 376 g/mol. The van der Waals surface area contributed by atoms with Crippen LogP contribution in [0.1, 0.15) is 24.1 Å². The number of rotatable bonds is 6. The SMILES string of the molecule is CC(c1ccc(-n2cncn2)cc1)N(C)CC(=O)Nc1ccc(C#N)c(Cl)c1. The summed E-state index contributed by atoms with van der Waals surface area (Å²) in [6.07, 6.45) is 3.13. The number of carbonyl (C=O) groups is 1. The third kappa shape index (κ3) is 4.55. The molecule has 7 nitrogen and oxygen atoms in total. The van der Waals surface area contributed by atoms with E-state index in [4.69, 9.17) is 16.9 Å². The van der Waals surface area contributed by atoms with E-state index in [2.05, 4.69) is 15.4 Å². The molecule has 0 aliphatic rings. The van der Waals surface area contributed by atoms with Crippen molar-refractivity contribution in [3.63, 3.8) is 0 Å². The second-order valence-electron chi connectivity index (χ2n) is 6.38. The molecule has 1 heterocycles. The minimum absolute atomic E-state index is 0.0418. The predicted octanol–water partition coefficient (Wildman–Crippen LogP) is 3.42. The molecular formula is C20H19ClN6O. The first-order chi connectivity index (χ1) is 13.5. The van der Waals surface area contributed by atoms with Crippen molar-refractivity contribution in [1.82, 2.24) is 19.7 Å². The molecule has 0 saturated carbocycles. The second kappa shape index (κ2) is 8.65. The largest absolute Gasteiger partial charge is 0.325 e. The summed E-state index contributed by atoms with van der Waals surface area (Å²) in [5, 5.41) is 16.1. The molecule has 0 aliphatic carbocycles. The van der Waals surface area contributed by atoms with Gasteiger partial charge in [0.25, 0.3) is 0 Å². The molecule has 142 valence electrons. The smallest absolute Gasteiger partial charge is 0.238 e. The number of benzene rings is 2. The summed E-state index contributed by atoms with van der Waals surface area (Å²) < 4.78 is 1.69. The number of hydrogen-bond acceptors (Lipinski definition) is 5. The lowest BCUT2D eigenvalue weighted by atomic mass is 10.1. The van der Waals surface area contributed by atoms with E-state index in [0.29, 0.717) is 16.3 Å². The summed E-state index contributed by atoms with van der Waals surface area (Å²) in [5.41, 5.74) is 2.94. The average molecular weight is 395 g/mol. The van der Waals surface area contributed by atoms with Gasteiger partial charge in [-0.2, -0.15) is 10.4 Å². The molecule has 1 unspecified atom stereocenters. The van der Waals surface area contributed by atoms with Crippen LogP contribution in [0.15, 0.2) is 55.1 Å². The van der Waals surface area contributed by atoms with Crippen molar-refractivity contribution in [2.45, 2.75) is 13.0 Å². The molecule has 1 N–H and O–H groups in total. The summed E-state index contributed by atoms with van der Waals surface area (Å²) in [7, 11) is 1.89. The standard InChI is InChI=1S/C20H19ClN6O/c1-14(15-4-7-18(8-5-15)27-13-23-12-24-27)26(2)11-20(28)25-17-6-3-16(10-22)19(21)9-17/h3-9,12-14H,11H2,1-2H3,(H,25,28). The summed E-state index contributed by atoms with van der Waals surface area (Å²) in [6.45, 7) is 2.25. The number of hydrogen-bond donors (Lipinski definition) is 1. The van der Waals surface area contributed by atoms with Crippen LogP contribution in [0.4, 0.5) is 5.69 Å². The van der Waals surface area contributed by atoms with E-state index in [1.54, 1.807) is 29.2 Å². The van der Waals surface area contributed by atoms with E-state index in [-0.39, 0.29) is 18.5 Å². The molecule has 3 aromatic rings. The Kier molecular flexibility index (Phi) is 6.04. The molecule has 1 atom stereocenters. The van der Waals surface area contributed by atoms with Crippen LogP contribution in [0.5, 0.6) is 0 Å². The molecule has 2 aromatic carbocycles. The Morgan fingerprint density at radius 2 is 2.07 bits per heavy atom. The Morgan fingerprint density at radius 1 is 1.32 bits per heavy atom. The van der Waals surface area contributed by atoms with Gasteiger partial charge in [0.05, 0.1) is 22.8 Å². The Balaban J connectivity index is 1.60. The molecule has 0 radical (unpaired) electrons. The topological polar surface area (TPSA) is 86.8 Å². The molecule has 0 bridgehead atoms. The molecule has 0 saturated heterocycles. The molecule has 1 amide bonds. The minimum atomic E-state index is -0.158. The van der Waals surface area contributed by atoms with E-state index in [1.807, 2.05) is 49.2 Å². The lowest BCUT2D eigenvalue weighted by molar-refractivity contribution is -0.117. The fourth-order valence-electron chi connectivity index (χ4n) is 2.75. The number of likely N-dealkylation sites (N-methyl/N-ethyl adjacent to an activating group) is 1. The van der Waals surface area contributed by atoms with E-state index in [1.165, 1.54) is 6.33 Å². The van der Waals surface area contributed by atoms with Crippen molar-refractivity contribution in [3.05, 3.63) is 71.3 Å². The van der Waals surface area contributed by atoms with Crippen LogP contribution in [0, 0.1) is 11.3 Å². The zero-order valence-electron chi connectivity index (χ0n) is 15.5. The highest BCUT2D eigenvalue weighted by Crippen LogP contribution is 2.22. The van der Waals surface area contributed by atoms with Gasteiger partial charge < -0.3 is 5.32 Å². The fraction of sp³-hybridized carbons (Fsp3) is 0.200. The van der Waals surface area contributed by atoms with Crippen molar-refractivity contribution in [2.75, 3.05) is 18.9 Å². The highest BCUT2D eigenvalue weighted by Gasteiger charge is 2.15. The molecule has 8 heteroatoms. The first kappa shape index (κ1) is 19.5. The van der Waals surface area contributed by atoms with E-state index >= 15 is 0 Å². The number of amides is 1. The number of carbonyl (C=O) groups excluding carboxylic acids is 1. The van der Waals surface area contributed by atoms with Gasteiger partial charge in [-0.3, -0.25) is 9.69 Å². The number of halogens is 1. The lowest BCUT2D eigenvalue weighted by Gasteiger charge is -2.24. The monoisotopic (exact) mass is 394 g/mol. The molecule has 3 rings (SSSR count). The van der Waals surface area contributed by atoms with Gasteiger partial charge in [0.15, 0.2) is 0 Å². The summed E-state index contributed by atoms with van der Waals surface area (Å²) in [6, 6.07) is 14.8. The van der Waals surface area contributed by atoms with E-state index in [9.17, 15) is 4.79 Å². The van der Waals surface area contributed by atoms with Gasteiger partial charge in [0.2, 0.25) is 5.91 Å². The van der Waals surface area contributed by atoms with Gasteiger partial charge in [0.1, 0.15) is 18.7 Å². The van der Waals surface area contributed by atoms with Crippen LogP contribution in [-0.4, -0.2) is 39.2 Å². The summed E-state index contributed by atoms with van der Waals surface area (Å²) in [4.78, 5) is 18.2. The first-order valence-corrected chi connectivity index (χ1v) is 9.00. The molecule has 0 aliphatic heterocycles. The third-order valence-corrected chi connectivity index (χ3v) is 4.80. The third-order valence-electron chi connectivity index (χ3n) is 4.49. The van der Waals surface area contributed by atoms with Crippen molar-refractivity contribution in [3.8, 4) is 11.8 Å². The van der Waals surface area contributed by atoms with E-state index < -0.39 is 0 Å². The minimum Gasteiger partial charge on any atom is -0.325 e. The maximum absolute atomic E-state index is 12.4. The van der Waals surface area contributed by atoms with Gasteiger partial charge in [-0.05, 0) is 49.9 Å². The Labute approximate surface area is 168 Å². The van der Waals surface area contributed by atoms with Gasteiger partial charge in [-0.25, -0.2) is 9.67 Å². The van der Waals surface area contributed by atoms with Gasteiger partial charge in [0, 0.05) is 11.7 Å². The van der Waals surface area contributed by atoms with Gasteiger partial charge in [-0.1, -0.05) is 23.7 Å². The number of nitriles is 1. The number of nitrogens with zero attached hydrogens (tertiary/aromatic N) is 5. The first-order valence-electron chi connectivity index (χ1n) is 8.62. The van der Waals surface area contributed by atoms with E-state index in [0.717, 1.165) is 11.3 Å². The summed E-state index contributed by atoms with van der Waals surface area (Å²) >= 11 is 6.00. The average Bonchev–Trinajstić information content (AvgIpc) is 3.22. The second-order valence-corrected chi connectivity index (χ2v) is 6.78. The van der Waals surface area contributed by atoms with Gasteiger partial charge >= 0.3 is 0 Å². The van der Waals surface area contributed by atoms with Crippen LogP contribution in [0.25, 0.3) is 5.69 Å². The van der Waals surface area contributed by atoms with Crippen LogP contribution < -0.4 is 5.32 Å². The highest BCUT2D eigenvalue weighted by molar-refractivity contribution is 6.32. The van der Waals surface area contributed by atoms with Crippen LogP contribution in [0.3, 0.4) is 0 Å². The normalized spacial score (nSPS) is 11.8. The Bertz CT molecular complexity index is 995. The summed E-state index contributed by atoms with van der Waals surface area (Å²) in [5.74, 6) is -0.158. The lowest BCUT2D eigenvalue weighted by Crippen LogP contribution is -2.32. The predicted molar refractivity (Wildman–Crippen MR) is 107 cm³/mol. The quantitative estimate of drug-likeness (QED) is 0.692. The number of anilines is 1. The van der Waals surface area contributed by atoms with Crippen LogP contribution >= 0.6 is 11.6 Å².